The second-order valence-corrected chi connectivity index (χ2v) is 4.73. The smallest absolute Gasteiger partial charge is 0.334 e. The van der Waals surface area contributed by atoms with Crippen molar-refractivity contribution in [1.82, 2.24) is 4.90 Å². The van der Waals surface area contributed by atoms with Crippen molar-refractivity contribution in [3.63, 3.8) is 0 Å². The minimum atomic E-state index is -0.992. The number of aliphatic carboxylic acids is 1. The van der Waals surface area contributed by atoms with Gasteiger partial charge in [-0.3, -0.25) is 4.79 Å². The fraction of sp³-hybridized carbons (Fsp3) is 0.846. The molecule has 5 nitrogen and oxygen atoms in total. The molecule has 0 saturated carbocycles. The van der Waals surface area contributed by atoms with Crippen LogP contribution >= 0.6 is 0 Å². The van der Waals surface area contributed by atoms with E-state index in [9.17, 15) is 9.59 Å². The first-order valence-electron chi connectivity index (χ1n) is 6.73. The zero-order chi connectivity index (χ0) is 13.5. The highest BCUT2D eigenvalue weighted by atomic mass is 16.5. The SMILES string of the molecule is CCCCC(CC)C(=O)N1CCOC(C(=O)O)C1. The Hall–Kier alpha value is -1.10. The van der Waals surface area contributed by atoms with E-state index in [0.29, 0.717) is 13.2 Å². The summed E-state index contributed by atoms with van der Waals surface area (Å²) in [6.07, 6.45) is 2.95. The molecule has 5 heteroatoms. The third kappa shape index (κ3) is 3.98. The van der Waals surface area contributed by atoms with Crippen molar-refractivity contribution in [1.29, 1.82) is 0 Å². The number of carboxylic acid groups (broad SMARTS) is 1. The number of carbonyl (C=O) groups excluding carboxylic acids is 1. The summed E-state index contributed by atoms with van der Waals surface area (Å²) in [5, 5.41) is 8.91. The number of morpholine rings is 1. The van der Waals surface area contributed by atoms with Gasteiger partial charge < -0.3 is 14.7 Å². The molecule has 18 heavy (non-hydrogen) atoms. The molecular weight excluding hydrogens is 234 g/mol. The molecule has 104 valence electrons. The van der Waals surface area contributed by atoms with Crippen LogP contribution in [0.2, 0.25) is 0 Å². The molecule has 0 aromatic rings. The van der Waals surface area contributed by atoms with Crippen LogP contribution in [0, 0.1) is 5.92 Å². The van der Waals surface area contributed by atoms with Crippen molar-refractivity contribution >= 4 is 11.9 Å². The van der Waals surface area contributed by atoms with Crippen LogP contribution in [0.4, 0.5) is 0 Å². The van der Waals surface area contributed by atoms with Crippen molar-refractivity contribution in [2.75, 3.05) is 19.7 Å². The van der Waals surface area contributed by atoms with Gasteiger partial charge in [0.2, 0.25) is 5.91 Å². The molecule has 0 bridgehead atoms. The Morgan fingerprint density at radius 1 is 1.44 bits per heavy atom. The van der Waals surface area contributed by atoms with Crippen molar-refractivity contribution in [2.24, 2.45) is 5.92 Å². The molecule has 1 aliphatic heterocycles. The standard InChI is InChI=1S/C13H23NO4/c1-3-5-6-10(4-2)12(15)14-7-8-18-11(9-14)13(16)17/h10-11H,3-9H2,1-2H3,(H,16,17). The molecule has 1 N–H and O–H groups in total. The second-order valence-electron chi connectivity index (χ2n) is 4.73. The van der Waals surface area contributed by atoms with Gasteiger partial charge in [-0.1, -0.05) is 26.7 Å². The Morgan fingerprint density at radius 3 is 2.72 bits per heavy atom. The van der Waals surface area contributed by atoms with Crippen LogP contribution in [-0.4, -0.2) is 47.7 Å². The van der Waals surface area contributed by atoms with Crippen LogP contribution in [-0.2, 0) is 14.3 Å². The van der Waals surface area contributed by atoms with Crippen molar-refractivity contribution in [2.45, 2.75) is 45.6 Å². The summed E-state index contributed by atoms with van der Waals surface area (Å²) in [5.41, 5.74) is 0. The lowest BCUT2D eigenvalue weighted by Crippen LogP contribution is -2.50. The first-order chi connectivity index (χ1) is 8.60. The Bertz CT molecular complexity index is 293. The summed E-state index contributed by atoms with van der Waals surface area (Å²) in [7, 11) is 0. The van der Waals surface area contributed by atoms with Crippen LogP contribution in [0.3, 0.4) is 0 Å². The maximum Gasteiger partial charge on any atom is 0.334 e. The van der Waals surface area contributed by atoms with E-state index in [2.05, 4.69) is 6.92 Å². The van der Waals surface area contributed by atoms with Gasteiger partial charge in [0.15, 0.2) is 6.10 Å². The van der Waals surface area contributed by atoms with E-state index in [0.717, 1.165) is 25.7 Å². The first-order valence-corrected chi connectivity index (χ1v) is 6.73. The van der Waals surface area contributed by atoms with Gasteiger partial charge in [0, 0.05) is 12.5 Å². The Labute approximate surface area is 108 Å². The summed E-state index contributed by atoms with van der Waals surface area (Å²) >= 11 is 0. The summed E-state index contributed by atoms with van der Waals surface area (Å²) in [5.74, 6) is -0.882. The minimum Gasteiger partial charge on any atom is -0.479 e. The normalized spacial score (nSPS) is 21.7. The zero-order valence-electron chi connectivity index (χ0n) is 11.2. The highest BCUT2D eigenvalue weighted by Gasteiger charge is 2.31. The predicted molar refractivity (Wildman–Crippen MR) is 67.3 cm³/mol. The number of ether oxygens (including phenoxy) is 1. The van der Waals surface area contributed by atoms with Crippen LogP contribution in [0.1, 0.15) is 39.5 Å². The van der Waals surface area contributed by atoms with E-state index in [-0.39, 0.29) is 18.4 Å². The van der Waals surface area contributed by atoms with E-state index in [1.54, 1.807) is 4.90 Å². The van der Waals surface area contributed by atoms with Gasteiger partial charge in [0.05, 0.1) is 13.2 Å². The lowest BCUT2D eigenvalue weighted by molar-refractivity contribution is -0.160. The number of carboxylic acids is 1. The fourth-order valence-corrected chi connectivity index (χ4v) is 2.21. The first kappa shape index (κ1) is 15.0. The summed E-state index contributed by atoms with van der Waals surface area (Å²) in [6, 6.07) is 0. The van der Waals surface area contributed by atoms with Gasteiger partial charge >= 0.3 is 5.97 Å². The molecule has 1 heterocycles. The van der Waals surface area contributed by atoms with Gasteiger partial charge in [0.1, 0.15) is 0 Å². The topological polar surface area (TPSA) is 66.8 Å². The van der Waals surface area contributed by atoms with Gasteiger partial charge in [-0.15, -0.1) is 0 Å². The van der Waals surface area contributed by atoms with Crippen molar-refractivity contribution in [3.05, 3.63) is 0 Å². The number of rotatable bonds is 6. The van der Waals surface area contributed by atoms with Crippen molar-refractivity contribution < 1.29 is 19.4 Å². The summed E-state index contributed by atoms with van der Waals surface area (Å²) in [6.45, 7) is 5.11. The molecule has 0 spiro atoms. The highest BCUT2D eigenvalue weighted by Crippen LogP contribution is 2.18. The molecule has 1 saturated heterocycles. The number of hydrogen-bond acceptors (Lipinski definition) is 3. The molecule has 0 aromatic heterocycles. The average Bonchev–Trinajstić information content (AvgIpc) is 2.39. The highest BCUT2D eigenvalue weighted by molar-refractivity contribution is 5.80. The summed E-state index contributed by atoms with van der Waals surface area (Å²) < 4.78 is 5.12. The quantitative estimate of drug-likeness (QED) is 0.783. The third-order valence-electron chi connectivity index (χ3n) is 3.40. The lowest BCUT2D eigenvalue weighted by atomic mass is 9.97. The van der Waals surface area contributed by atoms with Crippen LogP contribution in [0.25, 0.3) is 0 Å². The number of carbonyl (C=O) groups is 2. The summed E-state index contributed by atoms with van der Waals surface area (Å²) in [4.78, 5) is 24.8. The van der Waals surface area contributed by atoms with Gasteiger partial charge in [-0.2, -0.15) is 0 Å². The minimum absolute atomic E-state index is 0.0255. The van der Waals surface area contributed by atoms with E-state index in [4.69, 9.17) is 9.84 Å². The molecular formula is C13H23NO4. The van der Waals surface area contributed by atoms with Crippen LogP contribution < -0.4 is 0 Å². The van der Waals surface area contributed by atoms with Gasteiger partial charge in [-0.25, -0.2) is 4.79 Å². The third-order valence-corrected chi connectivity index (χ3v) is 3.40. The van der Waals surface area contributed by atoms with E-state index >= 15 is 0 Å². The lowest BCUT2D eigenvalue weighted by Gasteiger charge is -2.33. The van der Waals surface area contributed by atoms with E-state index in [1.807, 2.05) is 6.92 Å². The van der Waals surface area contributed by atoms with Gasteiger partial charge in [0.25, 0.3) is 0 Å². The number of nitrogens with zero attached hydrogens (tertiary/aromatic N) is 1. The van der Waals surface area contributed by atoms with Gasteiger partial charge in [-0.05, 0) is 12.8 Å². The van der Waals surface area contributed by atoms with Crippen molar-refractivity contribution in [3.8, 4) is 0 Å². The monoisotopic (exact) mass is 257 g/mol. The maximum absolute atomic E-state index is 12.3. The number of unbranched alkanes of at least 4 members (excludes halogenated alkanes) is 1. The molecule has 2 atom stereocenters. The number of hydrogen-bond donors (Lipinski definition) is 1. The molecule has 0 radical (unpaired) electrons. The molecule has 1 rings (SSSR count). The molecule has 0 aliphatic carbocycles. The van der Waals surface area contributed by atoms with E-state index < -0.39 is 12.1 Å². The maximum atomic E-state index is 12.3. The van der Waals surface area contributed by atoms with E-state index in [1.165, 1.54) is 0 Å². The predicted octanol–water partition coefficient (Wildman–Crippen LogP) is 1.51. The zero-order valence-corrected chi connectivity index (χ0v) is 11.2. The largest absolute Gasteiger partial charge is 0.479 e. The van der Waals surface area contributed by atoms with Crippen LogP contribution in [0.5, 0.6) is 0 Å². The Morgan fingerprint density at radius 2 is 2.17 bits per heavy atom. The fourth-order valence-electron chi connectivity index (χ4n) is 2.21. The number of amides is 1. The van der Waals surface area contributed by atoms with Crippen LogP contribution in [0.15, 0.2) is 0 Å². The Balaban J connectivity index is 2.55. The molecule has 1 aliphatic rings. The molecule has 2 unspecified atom stereocenters. The average molecular weight is 257 g/mol. The Kier molecular flexibility index (Phi) is 6.12. The molecule has 1 amide bonds. The molecule has 0 aromatic carbocycles. The second kappa shape index (κ2) is 7.36. The molecule has 1 fully saturated rings.